The summed E-state index contributed by atoms with van der Waals surface area (Å²) in [6.45, 7) is 6.74. The molecule has 13 heteroatoms. The Morgan fingerprint density at radius 1 is 0.684 bits per heavy atom. The lowest BCUT2D eigenvalue weighted by Crippen LogP contribution is -2.47. The Kier molecular flexibility index (Phi) is 24.4. The minimum Gasteiger partial charge on any atom is -0.469 e. The first-order valence-corrected chi connectivity index (χ1v) is 13.1. The maximum atomic E-state index is 11.9. The van der Waals surface area contributed by atoms with Gasteiger partial charge >= 0.3 is 5.97 Å². The number of carbonyl (C=O) groups excluding carboxylic acids is 3. The molecule has 0 aromatic heterocycles. The van der Waals surface area contributed by atoms with Crippen LogP contribution in [0.15, 0.2) is 0 Å². The molecule has 0 fully saturated rings. The van der Waals surface area contributed by atoms with E-state index in [1.807, 2.05) is 0 Å². The van der Waals surface area contributed by atoms with Crippen LogP contribution in [0.2, 0.25) is 0 Å². The Balaban J connectivity index is 3.51. The zero-order valence-electron chi connectivity index (χ0n) is 23.5. The zero-order valence-corrected chi connectivity index (χ0v) is 23.5. The van der Waals surface area contributed by atoms with E-state index in [2.05, 4.69) is 24.1 Å². The van der Waals surface area contributed by atoms with E-state index >= 15 is 0 Å². The van der Waals surface area contributed by atoms with Crippen LogP contribution in [0, 0.1) is 0 Å². The number of esters is 1. The number of rotatable bonds is 28. The van der Waals surface area contributed by atoms with E-state index in [0.29, 0.717) is 96.5 Å². The number of carbonyl (C=O) groups is 3. The van der Waals surface area contributed by atoms with Crippen LogP contribution >= 0.6 is 0 Å². The van der Waals surface area contributed by atoms with E-state index in [4.69, 9.17) is 34.2 Å². The van der Waals surface area contributed by atoms with Crippen molar-refractivity contribution in [3.8, 4) is 0 Å². The third kappa shape index (κ3) is 25.9. The second kappa shape index (κ2) is 25.6. The predicted molar refractivity (Wildman–Crippen MR) is 140 cm³/mol. The molecule has 0 saturated heterocycles. The van der Waals surface area contributed by atoms with Gasteiger partial charge < -0.3 is 48.7 Å². The van der Waals surface area contributed by atoms with Crippen LogP contribution in [0.4, 0.5) is 0 Å². The number of nitrogens with two attached hydrogens (primary N) is 1. The number of hydrogen-bond donors (Lipinski definition) is 2. The minimum absolute atomic E-state index is 0.0216. The summed E-state index contributed by atoms with van der Waals surface area (Å²) in [7, 11) is 5.48. The fourth-order valence-electron chi connectivity index (χ4n) is 2.87. The van der Waals surface area contributed by atoms with Crippen molar-refractivity contribution < 1.29 is 52.0 Å². The Morgan fingerprint density at radius 3 is 1.92 bits per heavy atom. The summed E-state index contributed by atoms with van der Waals surface area (Å²) in [5, 5.41) is 2.85. The second-order valence-electron chi connectivity index (χ2n) is 9.04. The average Bonchev–Trinajstić information content (AvgIpc) is 2.88. The molecule has 38 heavy (non-hydrogen) atoms. The second-order valence-corrected chi connectivity index (χ2v) is 9.04. The molecule has 0 aliphatic rings. The Bertz CT molecular complexity index is 608. The summed E-state index contributed by atoms with van der Waals surface area (Å²) >= 11 is 0. The number of nitrogens with zero attached hydrogens (tertiary/aromatic N) is 1. The molecule has 0 radical (unpaired) electrons. The first-order chi connectivity index (χ1) is 18.3. The zero-order chi connectivity index (χ0) is 28.3. The summed E-state index contributed by atoms with van der Waals surface area (Å²) in [5.41, 5.74) is 5.30. The molecule has 0 aliphatic heterocycles. The average molecular weight is 553 g/mol. The number of Topliss-reactive ketones (excluding diaryl/α,β-unsaturated/α-hetero) is 1. The van der Waals surface area contributed by atoms with Gasteiger partial charge in [0.25, 0.3) is 0 Å². The number of nitrogens with one attached hydrogen (secondary N) is 1. The van der Waals surface area contributed by atoms with Crippen LogP contribution < -0.4 is 11.1 Å². The smallest absolute Gasteiger partial charge is 0.307 e. The molecule has 0 aliphatic carbocycles. The third-order valence-electron chi connectivity index (χ3n) is 5.18. The Labute approximate surface area is 227 Å². The molecule has 0 rings (SSSR count). The van der Waals surface area contributed by atoms with Crippen molar-refractivity contribution in [2.75, 3.05) is 127 Å². The van der Waals surface area contributed by atoms with Crippen molar-refractivity contribution in [3.63, 3.8) is 0 Å². The highest BCUT2D eigenvalue weighted by Gasteiger charge is 2.15. The van der Waals surface area contributed by atoms with Crippen molar-refractivity contribution in [2.24, 2.45) is 5.73 Å². The first-order valence-electron chi connectivity index (χ1n) is 13.1. The van der Waals surface area contributed by atoms with Crippen molar-refractivity contribution in [1.29, 1.82) is 0 Å². The molecule has 0 bridgehead atoms. The normalized spacial score (nSPS) is 11.5. The van der Waals surface area contributed by atoms with Gasteiger partial charge in [-0.1, -0.05) is 0 Å². The molecular formula is C25H50N3O10+. The summed E-state index contributed by atoms with van der Waals surface area (Å²) in [5.74, 6) is -0.448. The number of hydrogen-bond acceptors (Lipinski definition) is 11. The maximum absolute atomic E-state index is 11.9. The fourth-order valence-corrected chi connectivity index (χ4v) is 2.87. The summed E-state index contributed by atoms with van der Waals surface area (Å²) in [4.78, 5) is 34.6. The molecule has 0 aromatic rings. The molecule has 0 unspecified atom stereocenters. The van der Waals surface area contributed by atoms with E-state index in [0.717, 1.165) is 13.1 Å². The number of ketones is 1. The highest BCUT2D eigenvalue weighted by molar-refractivity contribution is 5.79. The van der Waals surface area contributed by atoms with E-state index in [9.17, 15) is 14.4 Å². The van der Waals surface area contributed by atoms with Crippen molar-refractivity contribution in [2.45, 2.75) is 19.3 Å². The first kappa shape index (κ1) is 36.3. The molecule has 0 aromatic carbocycles. The fraction of sp³-hybridized carbons (Fsp3) is 0.880. The third-order valence-corrected chi connectivity index (χ3v) is 5.18. The lowest BCUT2D eigenvalue weighted by molar-refractivity contribution is -0.889. The lowest BCUT2D eigenvalue weighted by atomic mass is 10.2. The monoisotopic (exact) mass is 552 g/mol. The van der Waals surface area contributed by atoms with E-state index in [1.165, 1.54) is 7.11 Å². The predicted octanol–water partition coefficient (Wildman–Crippen LogP) is -0.850. The quantitative estimate of drug-likeness (QED) is 0.0709. The van der Waals surface area contributed by atoms with Crippen molar-refractivity contribution >= 4 is 17.7 Å². The SMILES string of the molecule is COC(=O)CCOCCOCC[N+](C)(C)CCNC(=O)COCCOCCCC(=O)COCCOCCN. The van der Waals surface area contributed by atoms with Crippen molar-refractivity contribution in [1.82, 2.24) is 5.32 Å². The van der Waals surface area contributed by atoms with Gasteiger partial charge in [0.1, 0.15) is 19.8 Å². The summed E-state index contributed by atoms with van der Waals surface area (Å²) in [6, 6.07) is 0. The van der Waals surface area contributed by atoms with E-state index < -0.39 is 0 Å². The number of likely N-dealkylation sites (N-methyl/N-ethyl adjacent to an activating group) is 1. The molecule has 224 valence electrons. The maximum Gasteiger partial charge on any atom is 0.307 e. The van der Waals surface area contributed by atoms with Gasteiger partial charge in [-0.15, -0.1) is 0 Å². The number of amides is 1. The molecular weight excluding hydrogens is 502 g/mol. The highest BCUT2D eigenvalue weighted by atomic mass is 16.5. The summed E-state index contributed by atoms with van der Waals surface area (Å²) in [6.07, 6.45) is 1.23. The van der Waals surface area contributed by atoms with Gasteiger partial charge in [0.15, 0.2) is 5.78 Å². The van der Waals surface area contributed by atoms with Gasteiger partial charge in [0, 0.05) is 19.6 Å². The molecule has 0 saturated carbocycles. The Morgan fingerprint density at radius 2 is 1.26 bits per heavy atom. The molecule has 0 heterocycles. The number of ether oxygens (including phenoxy) is 7. The molecule has 13 nitrogen and oxygen atoms in total. The topological polar surface area (TPSA) is 154 Å². The lowest BCUT2D eigenvalue weighted by Gasteiger charge is -2.29. The molecule has 0 atom stereocenters. The van der Waals surface area contributed by atoms with Crippen LogP contribution in [0.1, 0.15) is 19.3 Å². The van der Waals surface area contributed by atoms with Crippen molar-refractivity contribution in [3.05, 3.63) is 0 Å². The van der Waals surface area contributed by atoms with E-state index in [1.54, 1.807) is 0 Å². The van der Waals surface area contributed by atoms with Crippen LogP contribution in [-0.4, -0.2) is 149 Å². The number of quaternary nitrogens is 1. The van der Waals surface area contributed by atoms with Gasteiger partial charge in [-0.25, -0.2) is 0 Å². The number of methoxy groups -OCH3 is 1. The summed E-state index contributed by atoms with van der Waals surface area (Å²) < 4.78 is 37.2. The standard InChI is InChI=1S/C25H49N3O10/c1-28(2,10-14-36-16-15-34-12-6-25(31)32-3)9-8-27-24(30)22-38-20-17-33-11-4-5-23(29)21-37-19-18-35-13-7-26/h4-22,26H2,1-3H3/p+1. The van der Waals surface area contributed by atoms with Crippen LogP contribution in [0.5, 0.6) is 0 Å². The largest absolute Gasteiger partial charge is 0.469 e. The minimum atomic E-state index is -0.293. The Hall–Kier alpha value is -1.71. The van der Waals surface area contributed by atoms with Gasteiger partial charge in [0.2, 0.25) is 5.91 Å². The van der Waals surface area contributed by atoms with Gasteiger partial charge in [-0.2, -0.15) is 0 Å². The molecule has 3 N–H and O–H groups in total. The van der Waals surface area contributed by atoms with Crippen LogP contribution in [0.3, 0.4) is 0 Å². The van der Waals surface area contributed by atoms with Crippen LogP contribution in [0.25, 0.3) is 0 Å². The highest BCUT2D eigenvalue weighted by Crippen LogP contribution is 1.97. The molecule has 0 spiro atoms. The molecule has 1 amide bonds. The van der Waals surface area contributed by atoms with E-state index in [-0.39, 0.29) is 37.3 Å². The van der Waals surface area contributed by atoms with Crippen LogP contribution in [-0.2, 0) is 47.5 Å². The van der Waals surface area contributed by atoms with Gasteiger partial charge in [-0.05, 0) is 6.42 Å². The van der Waals surface area contributed by atoms with Gasteiger partial charge in [0.05, 0.1) is 100 Å². The van der Waals surface area contributed by atoms with Gasteiger partial charge in [-0.3, -0.25) is 14.4 Å².